The van der Waals surface area contributed by atoms with Gasteiger partial charge in [0.1, 0.15) is 11.4 Å². The number of halogens is 1. The van der Waals surface area contributed by atoms with Crippen molar-refractivity contribution in [2.24, 2.45) is 0 Å². The second kappa shape index (κ2) is 6.81. The molecule has 0 radical (unpaired) electrons. The van der Waals surface area contributed by atoms with Gasteiger partial charge in [0, 0.05) is 10.8 Å². The van der Waals surface area contributed by atoms with Gasteiger partial charge in [-0.2, -0.15) is 4.68 Å². The van der Waals surface area contributed by atoms with Crippen LogP contribution in [0.25, 0.3) is 5.69 Å². The van der Waals surface area contributed by atoms with E-state index < -0.39 is 0 Å². The fourth-order valence-electron chi connectivity index (χ4n) is 1.98. The number of benzene rings is 2. The van der Waals surface area contributed by atoms with Crippen LogP contribution in [0.5, 0.6) is 5.75 Å². The van der Waals surface area contributed by atoms with Crippen molar-refractivity contribution < 1.29 is 4.74 Å². The van der Waals surface area contributed by atoms with E-state index in [9.17, 15) is 0 Å². The van der Waals surface area contributed by atoms with Crippen molar-refractivity contribution in [2.75, 3.05) is 7.11 Å². The lowest BCUT2D eigenvalue weighted by Crippen LogP contribution is -2.01. The molecule has 0 N–H and O–H groups in total. The first kappa shape index (κ1) is 14.9. The molecule has 0 aliphatic rings. The molecule has 0 fully saturated rings. The molecule has 1 aromatic heterocycles. The van der Waals surface area contributed by atoms with Gasteiger partial charge in [-0.3, -0.25) is 0 Å². The number of aromatic nitrogens is 4. The molecule has 0 aliphatic carbocycles. The van der Waals surface area contributed by atoms with Crippen molar-refractivity contribution in [3.8, 4) is 11.4 Å². The van der Waals surface area contributed by atoms with Crippen LogP contribution in [0.2, 0.25) is 5.02 Å². The van der Waals surface area contributed by atoms with Gasteiger partial charge < -0.3 is 4.74 Å². The van der Waals surface area contributed by atoms with E-state index in [0.717, 1.165) is 22.0 Å². The molecule has 2 aromatic carbocycles. The molecule has 7 heteroatoms. The minimum atomic E-state index is 0.685. The second-order valence-corrected chi connectivity index (χ2v) is 5.77. The molecule has 3 rings (SSSR count). The smallest absolute Gasteiger partial charge is 0.214 e. The fourth-order valence-corrected chi connectivity index (χ4v) is 3.15. The van der Waals surface area contributed by atoms with Gasteiger partial charge in [0.25, 0.3) is 0 Å². The summed E-state index contributed by atoms with van der Waals surface area (Å²) in [5, 5.41) is 13.3. The number of hydrogen-bond donors (Lipinski definition) is 0. The van der Waals surface area contributed by atoms with Crippen molar-refractivity contribution in [3.63, 3.8) is 0 Å². The zero-order chi connectivity index (χ0) is 15.4. The summed E-state index contributed by atoms with van der Waals surface area (Å²) in [4.78, 5) is 0. The molecule has 0 saturated heterocycles. The lowest BCUT2D eigenvalue weighted by Gasteiger charge is -2.09. The van der Waals surface area contributed by atoms with Gasteiger partial charge in [-0.1, -0.05) is 53.7 Å². The van der Waals surface area contributed by atoms with Crippen molar-refractivity contribution in [1.82, 2.24) is 20.2 Å². The van der Waals surface area contributed by atoms with Crippen molar-refractivity contribution in [1.29, 1.82) is 0 Å². The van der Waals surface area contributed by atoms with E-state index in [-0.39, 0.29) is 0 Å². The third kappa shape index (κ3) is 3.08. The van der Waals surface area contributed by atoms with Gasteiger partial charge in [-0.25, -0.2) is 0 Å². The predicted molar refractivity (Wildman–Crippen MR) is 86.7 cm³/mol. The first-order valence-corrected chi connectivity index (χ1v) is 7.94. The van der Waals surface area contributed by atoms with Crippen molar-refractivity contribution in [3.05, 3.63) is 59.1 Å². The monoisotopic (exact) mass is 332 g/mol. The van der Waals surface area contributed by atoms with E-state index in [2.05, 4.69) is 15.5 Å². The highest BCUT2D eigenvalue weighted by Crippen LogP contribution is 2.28. The summed E-state index contributed by atoms with van der Waals surface area (Å²) in [7, 11) is 1.62. The zero-order valence-electron chi connectivity index (χ0n) is 11.8. The molecule has 0 bridgehead atoms. The highest BCUT2D eigenvalue weighted by Gasteiger charge is 2.13. The Hall–Kier alpha value is -2.05. The van der Waals surface area contributed by atoms with Crippen LogP contribution in [0.15, 0.2) is 53.7 Å². The maximum Gasteiger partial charge on any atom is 0.214 e. The number of tetrazole rings is 1. The second-order valence-electron chi connectivity index (χ2n) is 4.43. The van der Waals surface area contributed by atoms with E-state index in [1.54, 1.807) is 11.8 Å². The number of thioether (sulfide) groups is 1. The molecule has 112 valence electrons. The van der Waals surface area contributed by atoms with E-state index >= 15 is 0 Å². The normalized spacial score (nSPS) is 10.6. The molecule has 0 saturated carbocycles. The fraction of sp³-hybridized carbons (Fsp3) is 0.133. The molecule has 1 heterocycles. The summed E-state index contributed by atoms with van der Waals surface area (Å²) in [6, 6.07) is 15.4. The Morgan fingerprint density at radius 2 is 1.91 bits per heavy atom. The summed E-state index contributed by atoms with van der Waals surface area (Å²) in [6.45, 7) is 0. The Morgan fingerprint density at radius 1 is 1.14 bits per heavy atom. The Balaban J connectivity index is 1.85. The van der Waals surface area contributed by atoms with Crippen molar-refractivity contribution in [2.45, 2.75) is 10.9 Å². The summed E-state index contributed by atoms with van der Waals surface area (Å²) in [6.07, 6.45) is 0. The number of para-hydroxylation sites is 2. The molecule has 0 atom stereocenters. The molecule has 5 nitrogen and oxygen atoms in total. The highest BCUT2D eigenvalue weighted by molar-refractivity contribution is 7.98. The number of hydrogen-bond acceptors (Lipinski definition) is 5. The molecular weight excluding hydrogens is 320 g/mol. The zero-order valence-corrected chi connectivity index (χ0v) is 13.4. The minimum absolute atomic E-state index is 0.685. The largest absolute Gasteiger partial charge is 0.494 e. The lowest BCUT2D eigenvalue weighted by molar-refractivity contribution is 0.410. The summed E-state index contributed by atoms with van der Waals surface area (Å²) >= 11 is 7.70. The van der Waals surface area contributed by atoms with Gasteiger partial charge in [-0.05, 0) is 34.2 Å². The number of methoxy groups -OCH3 is 1. The Morgan fingerprint density at radius 3 is 2.73 bits per heavy atom. The molecular formula is C15H13ClN4OS. The number of rotatable bonds is 5. The summed E-state index contributed by atoms with van der Waals surface area (Å²) in [5.74, 6) is 1.41. The summed E-state index contributed by atoms with van der Waals surface area (Å²) in [5.41, 5.74) is 1.85. The Bertz CT molecular complexity index is 777. The van der Waals surface area contributed by atoms with Gasteiger partial charge in [0.05, 0.1) is 7.11 Å². The molecule has 22 heavy (non-hydrogen) atoms. The number of nitrogens with zero attached hydrogens (tertiary/aromatic N) is 4. The SMILES string of the molecule is COc1ccccc1-n1nnnc1SCc1ccccc1Cl. The quantitative estimate of drug-likeness (QED) is 0.668. The lowest BCUT2D eigenvalue weighted by atomic mass is 10.2. The van der Waals surface area contributed by atoms with Crippen molar-refractivity contribution >= 4 is 23.4 Å². The van der Waals surface area contributed by atoms with Crippen LogP contribution in [0.4, 0.5) is 0 Å². The third-order valence-electron chi connectivity index (χ3n) is 3.07. The first-order chi connectivity index (χ1) is 10.8. The van der Waals surface area contributed by atoms with Crippen LogP contribution in [-0.4, -0.2) is 27.3 Å². The van der Waals surface area contributed by atoms with E-state index in [4.69, 9.17) is 16.3 Å². The van der Waals surface area contributed by atoms with E-state index in [1.807, 2.05) is 48.5 Å². The number of ether oxygens (including phenoxy) is 1. The van der Waals surface area contributed by atoms with Gasteiger partial charge in [-0.15, -0.1) is 5.10 Å². The molecule has 0 unspecified atom stereocenters. The molecule has 3 aromatic rings. The first-order valence-electron chi connectivity index (χ1n) is 6.57. The van der Waals surface area contributed by atoms with Crippen LogP contribution in [0.3, 0.4) is 0 Å². The molecule has 0 spiro atoms. The van der Waals surface area contributed by atoms with Crippen LogP contribution in [-0.2, 0) is 5.75 Å². The third-order valence-corrected chi connectivity index (χ3v) is 4.41. The highest BCUT2D eigenvalue weighted by atomic mass is 35.5. The van der Waals surface area contributed by atoms with Crippen LogP contribution in [0, 0.1) is 0 Å². The Labute approximate surface area is 137 Å². The maximum atomic E-state index is 6.18. The maximum absolute atomic E-state index is 6.18. The average molecular weight is 333 g/mol. The van der Waals surface area contributed by atoms with Gasteiger partial charge in [0.2, 0.25) is 5.16 Å². The average Bonchev–Trinajstić information content (AvgIpc) is 3.02. The topological polar surface area (TPSA) is 52.8 Å². The molecule has 0 amide bonds. The van der Waals surface area contributed by atoms with Crippen LogP contribution < -0.4 is 4.74 Å². The van der Waals surface area contributed by atoms with Gasteiger partial charge in [0.15, 0.2) is 0 Å². The van der Waals surface area contributed by atoms with Crippen LogP contribution in [0.1, 0.15) is 5.56 Å². The molecule has 0 aliphatic heterocycles. The van der Waals surface area contributed by atoms with E-state index in [0.29, 0.717) is 10.9 Å². The Kier molecular flexibility index (Phi) is 4.60. The predicted octanol–water partition coefficient (Wildman–Crippen LogP) is 3.62. The van der Waals surface area contributed by atoms with E-state index in [1.165, 1.54) is 11.8 Å². The van der Waals surface area contributed by atoms with Crippen LogP contribution >= 0.6 is 23.4 Å². The van der Waals surface area contributed by atoms with Gasteiger partial charge >= 0.3 is 0 Å². The standard InChI is InChI=1S/C15H13ClN4OS/c1-21-14-9-5-4-8-13(14)20-15(17-18-19-20)22-10-11-6-2-3-7-12(11)16/h2-9H,10H2,1H3. The summed E-state index contributed by atoms with van der Waals surface area (Å²) < 4.78 is 7.03. The minimum Gasteiger partial charge on any atom is -0.494 e.